The molecule has 1 aliphatic heterocycles. The fraction of sp³-hybridized carbons (Fsp3) is 0.909. The Hall–Kier alpha value is -2.32. The number of aliphatic hydroxyl groups excluding tert-OH is 4. The monoisotopic (exact) mass is 814 g/mol. The highest BCUT2D eigenvalue weighted by Crippen LogP contribution is 2.26. The van der Waals surface area contributed by atoms with Gasteiger partial charge in [0.1, 0.15) is 30.4 Å². The third-order valence-corrected chi connectivity index (χ3v) is 11.2. The number of aliphatic carboxylic acids is 1. The lowest BCUT2D eigenvalue weighted by Crippen LogP contribution is -2.70. The second-order valence-corrected chi connectivity index (χ2v) is 16.3. The van der Waals surface area contributed by atoms with E-state index in [4.69, 9.17) is 9.84 Å². The number of carboxylic acids is 1. The van der Waals surface area contributed by atoms with E-state index >= 15 is 0 Å². The van der Waals surface area contributed by atoms with Gasteiger partial charge in [0.05, 0.1) is 13.2 Å². The molecule has 57 heavy (non-hydrogen) atoms. The summed E-state index contributed by atoms with van der Waals surface area (Å²) in [6.45, 7) is 3.33. The van der Waals surface area contributed by atoms with Crippen molar-refractivity contribution in [2.24, 2.45) is 0 Å². The van der Waals surface area contributed by atoms with Crippen LogP contribution in [0.4, 0.5) is 0 Å². The van der Waals surface area contributed by atoms with Gasteiger partial charge in [-0.2, -0.15) is 0 Å². The van der Waals surface area contributed by atoms with E-state index in [2.05, 4.69) is 24.5 Å². The van der Waals surface area contributed by atoms with Gasteiger partial charge in [-0.05, 0) is 19.3 Å². The molecule has 7 N–H and O–H groups in total. The van der Waals surface area contributed by atoms with Gasteiger partial charge in [0.15, 0.2) is 6.23 Å². The molecular weight excluding hydrogens is 730 g/mol. The van der Waals surface area contributed by atoms with Gasteiger partial charge in [-0.15, -0.1) is 0 Å². The second kappa shape index (κ2) is 34.5. The molecule has 334 valence electrons. The Morgan fingerprint density at radius 3 is 1.49 bits per heavy atom. The van der Waals surface area contributed by atoms with E-state index in [-0.39, 0.29) is 38.1 Å². The maximum atomic E-state index is 14.0. The molecule has 1 heterocycles. The molecule has 0 radical (unpaired) electrons. The summed E-state index contributed by atoms with van der Waals surface area (Å²) in [6, 6.07) is -2.77. The Bertz CT molecular complexity index is 1050. The summed E-state index contributed by atoms with van der Waals surface area (Å²) in [6.07, 6.45) is 23.3. The molecule has 0 aromatic carbocycles. The van der Waals surface area contributed by atoms with Crippen LogP contribution in [-0.4, -0.2) is 111 Å². The number of nitrogens with zero attached hydrogens (tertiary/aromatic N) is 1. The summed E-state index contributed by atoms with van der Waals surface area (Å²) in [5, 5.41) is 55.9. The predicted octanol–water partition coefficient (Wildman–Crippen LogP) is 6.65. The molecule has 1 rings (SSSR count). The first-order valence-corrected chi connectivity index (χ1v) is 22.9. The zero-order valence-corrected chi connectivity index (χ0v) is 35.8. The van der Waals surface area contributed by atoms with Crippen molar-refractivity contribution in [1.82, 2.24) is 15.5 Å². The number of nitrogens with one attached hydrogen (secondary N) is 2. The van der Waals surface area contributed by atoms with Crippen molar-refractivity contribution in [3.63, 3.8) is 0 Å². The Morgan fingerprint density at radius 2 is 1.05 bits per heavy atom. The van der Waals surface area contributed by atoms with E-state index in [0.29, 0.717) is 12.8 Å². The van der Waals surface area contributed by atoms with Gasteiger partial charge >= 0.3 is 5.97 Å². The van der Waals surface area contributed by atoms with Crippen molar-refractivity contribution in [3.05, 3.63) is 0 Å². The summed E-state index contributed by atoms with van der Waals surface area (Å²) in [7, 11) is 0. The van der Waals surface area contributed by atoms with Gasteiger partial charge in [-0.3, -0.25) is 19.2 Å². The van der Waals surface area contributed by atoms with E-state index in [1.165, 1.54) is 108 Å². The number of carbonyl (C=O) groups is 4. The van der Waals surface area contributed by atoms with Crippen molar-refractivity contribution >= 4 is 23.7 Å². The molecule has 13 heteroatoms. The summed E-state index contributed by atoms with van der Waals surface area (Å²) >= 11 is 0. The molecule has 3 amide bonds. The summed E-state index contributed by atoms with van der Waals surface area (Å²) in [4.78, 5) is 52.1. The highest BCUT2D eigenvalue weighted by atomic mass is 16.5. The Balaban J connectivity index is 2.86. The number of aliphatic hydroxyl groups is 4. The Kier molecular flexibility index (Phi) is 31.9. The predicted molar refractivity (Wildman–Crippen MR) is 223 cm³/mol. The highest BCUT2D eigenvalue weighted by Gasteiger charge is 2.48. The third kappa shape index (κ3) is 24.4. The van der Waals surface area contributed by atoms with Gasteiger partial charge < -0.3 is 45.8 Å². The average Bonchev–Trinajstić information content (AvgIpc) is 3.19. The van der Waals surface area contributed by atoms with Crippen LogP contribution in [-0.2, 0) is 23.9 Å². The van der Waals surface area contributed by atoms with Crippen molar-refractivity contribution in [2.75, 3.05) is 19.8 Å². The molecule has 13 nitrogen and oxygen atoms in total. The topological polar surface area (TPSA) is 206 Å². The number of carbonyl (C=O) groups excluding carboxylic acids is 3. The van der Waals surface area contributed by atoms with Gasteiger partial charge in [-0.1, -0.05) is 162 Å². The largest absolute Gasteiger partial charge is 0.481 e. The van der Waals surface area contributed by atoms with Crippen molar-refractivity contribution in [3.8, 4) is 0 Å². The molecule has 0 spiro atoms. The molecule has 0 saturated carbocycles. The van der Waals surface area contributed by atoms with E-state index in [1.807, 2.05) is 0 Å². The number of unbranched alkanes of at least 4 members (excludes halogenated alkanes) is 23. The molecule has 0 bridgehead atoms. The van der Waals surface area contributed by atoms with Crippen LogP contribution in [0.25, 0.3) is 0 Å². The van der Waals surface area contributed by atoms with Crippen LogP contribution >= 0.6 is 0 Å². The molecule has 1 saturated heterocycles. The van der Waals surface area contributed by atoms with Crippen LogP contribution in [0.3, 0.4) is 0 Å². The smallest absolute Gasteiger partial charge is 0.303 e. The van der Waals surface area contributed by atoms with E-state index < -0.39 is 67.6 Å². The zero-order chi connectivity index (χ0) is 42.1. The summed E-state index contributed by atoms with van der Waals surface area (Å²) in [5.41, 5.74) is 0. The van der Waals surface area contributed by atoms with Crippen LogP contribution in [0, 0.1) is 0 Å². The van der Waals surface area contributed by atoms with E-state index in [0.717, 1.165) is 44.9 Å². The van der Waals surface area contributed by atoms with Crippen LogP contribution < -0.4 is 10.6 Å². The Morgan fingerprint density at radius 1 is 0.596 bits per heavy atom. The summed E-state index contributed by atoms with van der Waals surface area (Å²) < 4.78 is 6.08. The minimum Gasteiger partial charge on any atom is -0.481 e. The normalized spacial score (nSPS) is 19.9. The number of rotatable bonds is 37. The molecule has 0 unspecified atom stereocenters. The van der Waals surface area contributed by atoms with E-state index in [1.54, 1.807) is 0 Å². The first kappa shape index (κ1) is 52.7. The zero-order valence-electron chi connectivity index (χ0n) is 35.8. The van der Waals surface area contributed by atoms with Gasteiger partial charge in [-0.25, -0.2) is 0 Å². The number of carboxylic acid groups (broad SMARTS) is 1. The number of amides is 3. The van der Waals surface area contributed by atoms with Crippen molar-refractivity contribution in [2.45, 2.75) is 237 Å². The van der Waals surface area contributed by atoms with E-state index in [9.17, 15) is 39.6 Å². The minimum absolute atomic E-state index is 0.0440. The van der Waals surface area contributed by atoms with Gasteiger partial charge in [0, 0.05) is 25.8 Å². The lowest BCUT2D eigenvalue weighted by atomic mass is 9.94. The number of hydrogen-bond donors (Lipinski definition) is 7. The molecule has 1 fully saturated rings. The standard InChI is InChI=1S/C44H83N3O10/c1-3-5-7-9-11-13-15-16-17-18-19-20-22-24-26-30-38(51)47(32-27-25-23-21-14-12-10-8-6-4-2)44-40(42(55)41(54)36(34-49)57-44)46-43(56)35(33-48)45-37(50)29-28-31-39(52)53/h35-36,40-42,44,48-49,54-55H,3-34H2,1-2H3,(H,45,50)(H,46,56)(H,52,53)/t35-,36+,40+,41+,42+,44+/m0/s1. The van der Waals surface area contributed by atoms with Crippen molar-refractivity contribution < 1.29 is 49.4 Å². The maximum Gasteiger partial charge on any atom is 0.303 e. The number of hydrogen-bond acceptors (Lipinski definition) is 9. The molecule has 6 atom stereocenters. The van der Waals surface area contributed by atoms with Crippen LogP contribution in [0.1, 0.15) is 200 Å². The molecule has 0 aliphatic carbocycles. The van der Waals surface area contributed by atoms with Crippen molar-refractivity contribution in [1.29, 1.82) is 0 Å². The van der Waals surface area contributed by atoms with Gasteiger partial charge in [0.2, 0.25) is 17.7 Å². The lowest BCUT2D eigenvalue weighted by Gasteiger charge is -2.47. The molecular formula is C44H83N3O10. The SMILES string of the molecule is CCCCCCCCCCCCCCCCCC(=O)N(CCCCCCCCCCCC)[C@@H]1O[C@H](CO)[C@@H](O)[C@H](O)[C@H]1NC(=O)[C@H](CO)NC(=O)CCCC(=O)O. The number of ether oxygens (including phenoxy) is 1. The quantitative estimate of drug-likeness (QED) is 0.0333. The van der Waals surface area contributed by atoms with Gasteiger partial charge in [0.25, 0.3) is 0 Å². The fourth-order valence-corrected chi connectivity index (χ4v) is 7.60. The first-order chi connectivity index (χ1) is 27.6. The highest BCUT2D eigenvalue weighted by molar-refractivity contribution is 5.88. The third-order valence-electron chi connectivity index (χ3n) is 11.2. The second-order valence-electron chi connectivity index (χ2n) is 16.3. The Labute approximate surface area is 344 Å². The first-order valence-electron chi connectivity index (χ1n) is 22.9. The van der Waals surface area contributed by atoms with Crippen LogP contribution in [0.15, 0.2) is 0 Å². The lowest BCUT2D eigenvalue weighted by molar-refractivity contribution is -0.231. The molecule has 0 aromatic heterocycles. The van der Waals surface area contributed by atoms with Crippen LogP contribution in [0.5, 0.6) is 0 Å². The molecule has 0 aromatic rings. The fourth-order valence-electron chi connectivity index (χ4n) is 7.60. The molecule has 1 aliphatic rings. The average molecular weight is 814 g/mol. The minimum atomic E-state index is -1.63. The van der Waals surface area contributed by atoms with Crippen LogP contribution in [0.2, 0.25) is 0 Å². The summed E-state index contributed by atoms with van der Waals surface area (Å²) in [5.74, 6) is -2.78. The maximum absolute atomic E-state index is 14.0.